The summed E-state index contributed by atoms with van der Waals surface area (Å²) in [6, 6.07) is -2.28. The van der Waals surface area contributed by atoms with E-state index in [-0.39, 0.29) is 13.0 Å². The van der Waals surface area contributed by atoms with Gasteiger partial charge in [0.05, 0.1) is 6.04 Å². The number of nitrogens with one attached hydrogen (secondary N) is 2. The molecule has 2 fully saturated rings. The monoisotopic (exact) mass is 364 g/mol. The van der Waals surface area contributed by atoms with E-state index in [4.69, 9.17) is 4.55 Å². The summed E-state index contributed by atoms with van der Waals surface area (Å²) in [6.45, 7) is 5.11. The van der Waals surface area contributed by atoms with Gasteiger partial charge in [0.25, 0.3) is 5.91 Å². The molecule has 0 aromatic heterocycles. The molecule has 2 atom stereocenters. The fourth-order valence-electron chi connectivity index (χ4n) is 2.49. The van der Waals surface area contributed by atoms with E-state index in [1.807, 2.05) is 0 Å². The van der Waals surface area contributed by atoms with Crippen LogP contribution in [0.4, 0.5) is 4.79 Å². The van der Waals surface area contributed by atoms with E-state index in [0.717, 1.165) is 4.90 Å². The lowest BCUT2D eigenvalue weighted by molar-refractivity contribution is -0.135. The highest BCUT2D eigenvalue weighted by Crippen LogP contribution is 2.30. The van der Waals surface area contributed by atoms with Gasteiger partial charge in [0, 0.05) is 12.0 Å². The molecule has 2 aliphatic heterocycles. The number of nitrogens with zero attached hydrogens (tertiary/aromatic N) is 2. The van der Waals surface area contributed by atoms with Crippen molar-refractivity contribution in [1.29, 1.82) is 0 Å². The van der Waals surface area contributed by atoms with E-state index in [1.54, 1.807) is 20.8 Å². The number of hydrazine groups is 1. The minimum atomic E-state index is -4.83. The van der Waals surface area contributed by atoms with Crippen LogP contribution in [0.2, 0.25) is 0 Å². The normalized spacial score (nSPS) is 24.1. The maximum absolute atomic E-state index is 12.2. The van der Waals surface area contributed by atoms with Crippen LogP contribution < -0.4 is 10.9 Å². The number of hydroxylamine groups is 2. The van der Waals surface area contributed by atoms with Crippen LogP contribution >= 0.6 is 0 Å². The Morgan fingerprint density at radius 1 is 1.25 bits per heavy atom. The van der Waals surface area contributed by atoms with E-state index in [9.17, 15) is 22.8 Å². The van der Waals surface area contributed by atoms with Gasteiger partial charge in [0.1, 0.15) is 6.04 Å². The van der Waals surface area contributed by atoms with E-state index >= 15 is 0 Å². The van der Waals surface area contributed by atoms with Gasteiger partial charge in [-0.2, -0.15) is 13.5 Å². The Bertz CT molecular complexity index is 657. The van der Waals surface area contributed by atoms with Crippen LogP contribution in [0, 0.1) is 5.41 Å². The molecule has 24 heavy (non-hydrogen) atoms. The first kappa shape index (κ1) is 18.4. The molecule has 2 heterocycles. The van der Waals surface area contributed by atoms with Crippen molar-refractivity contribution in [2.24, 2.45) is 5.41 Å². The highest BCUT2D eigenvalue weighted by Gasteiger charge is 2.49. The van der Waals surface area contributed by atoms with Gasteiger partial charge in [-0.1, -0.05) is 20.8 Å². The number of amides is 4. The van der Waals surface area contributed by atoms with Gasteiger partial charge in [0.2, 0.25) is 5.91 Å². The highest BCUT2D eigenvalue weighted by atomic mass is 32.3. The largest absolute Gasteiger partial charge is 0.418 e. The molecule has 0 aromatic carbocycles. The molecule has 0 unspecified atom stereocenters. The molecule has 4 amide bonds. The lowest BCUT2D eigenvalue weighted by atomic mass is 9.96. The summed E-state index contributed by atoms with van der Waals surface area (Å²) in [4.78, 5) is 37.3. The summed E-state index contributed by atoms with van der Waals surface area (Å²) in [7, 11) is -4.83. The smallest absolute Gasteiger partial charge is 0.309 e. The third-order valence-electron chi connectivity index (χ3n) is 3.78. The van der Waals surface area contributed by atoms with Crippen molar-refractivity contribution in [2.45, 2.75) is 45.7 Å². The van der Waals surface area contributed by atoms with E-state index in [2.05, 4.69) is 15.1 Å². The molecule has 2 bridgehead atoms. The molecule has 2 aliphatic rings. The summed E-state index contributed by atoms with van der Waals surface area (Å²) in [6.07, 6.45) is 0.571. The number of carbonyl (C=O) groups excluding carboxylic acids is 3. The summed E-state index contributed by atoms with van der Waals surface area (Å²) in [5, 5.41) is 0.552. The number of hydrogen-bond acceptors (Lipinski definition) is 6. The van der Waals surface area contributed by atoms with Gasteiger partial charge in [0.15, 0.2) is 0 Å². The van der Waals surface area contributed by atoms with E-state index in [0.29, 0.717) is 11.5 Å². The molecule has 12 heteroatoms. The van der Waals surface area contributed by atoms with Gasteiger partial charge >= 0.3 is 16.4 Å². The number of piperidine rings is 1. The van der Waals surface area contributed by atoms with Crippen molar-refractivity contribution in [2.75, 3.05) is 6.54 Å². The molecule has 136 valence electrons. The zero-order valence-electron chi connectivity index (χ0n) is 13.5. The molecule has 0 radical (unpaired) electrons. The van der Waals surface area contributed by atoms with Crippen LogP contribution in [0.3, 0.4) is 0 Å². The molecule has 0 aromatic rings. The first-order valence-corrected chi connectivity index (χ1v) is 8.64. The average Bonchev–Trinajstić information content (AvgIpc) is 2.67. The predicted molar refractivity (Wildman–Crippen MR) is 79.1 cm³/mol. The Morgan fingerprint density at radius 3 is 2.42 bits per heavy atom. The second-order valence-corrected chi connectivity index (χ2v) is 7.71. The minimum absolute atomic E-state index is 0.0830. The molecule has 2 saturated heterocycles. The first-order valence-electron chi connectivity index (χ1n) is 7.27. The average molecular weight is 364 g/mol. The van der Waals surface area contributed by atoms with Gasteiger partial charge in [-0.15, -0.1) is 4.28 Å². The number of rotatable bonds is 3. The maximum Gasteiger partial charge on any atom is 0.418 e. The van der Waals surface area contributed by atoms with Gasteiger partial charge in [-0.25, -0.2) is 4.79 Å². The fourth-order valence-corrected chi connectivity index (χ4v) is 2.88. The van der Waals surface area contributed by atoms with Crippen molar-refractivity contribution >= 4 is 28.2 Å². The van der Waals surface area contributed by atoms with Gasteiger partial charge in [-0.3, -0.25) is 25.0 Å². The molecule has 0 aliphatic carbocycles. The lowest BCUT2D eigenvalue weighted by Crippen LogP contribution is -2.55. The van der Waals surface area contributed by atoms with Crippen molar-refractivity contribution in [3.8, 4) is 0 Å². The third-order valence-corrected chi connectivity index (χ3v) is 4.13. The summed E-state index contributed by atoms with van der Waals surface area (Å²) >= 11 is 0. The molecule has 3 N–H and O–H groups in total. The first-order chi connectivity index (χ1) is 10.9. The van der Waals surface area contributed by atoms with Crippen LogP contribution in [0.1, 0.15) is 33.6 Å². The SMILES string of the molecule is CC(C)(C)C(=O)NNC(=O)[C@@H]1CC[C@@H]2CN1C(=O)N2OS(=O)(=O)O. The van der Waals surface area contributed by atoms with Crippen LogP contribution in [0.15, 0.2) is 0 Å². The molecule has 0 spiro atoms. The highest BCUT2D eigenvalue weighted by molar-refractivity contribution is 7.80. The standard InChI is InChI=1S/C12H20N4O7S/c1-12(2,3)10(18)14-13-9(17)8-5-4-7-6-15(8)11(19)16(7)23-24(20,21)22/h7-8H,4-6H2,1-3H3,(H,13,17)(H,14,18)(H,20,21,22)/t7-,8+/m1/s1. The number of fused-ring (bicyclic) bond motifs is 2. The lowest BCUT2D eigenvalue weighted by Gasteiger charge is -2.29. The predicted octanol–water partition coefficient (Wildman–Crippen LogP) is -0.817. The fraction of sp³-hybridized carbons (Fsp3) is 0.750. The van der Waals surface area contributed by atoms with Crippen LogP contribution in [-0.2, 0) is 24.3 Å². The molecule has 2 rings (SSSR count). The Balaban J connectivity index is 2.01. The Kier molecular flexibility index (Phi) is 4.74. The minimum Gasteiger partial charge on any atom is -0.309 e. The van der Waals surface area contributed by atoms with Gasteiger partial charge < -0.3 is 4.90 Å². The molecule has 11 nitrogen and oxygen atoms in total. The Hall–Kier alpha value is -1.92. The van der Waals surface area contributed by atoms with Crippen molar-refractivity contribution in [3.63, 3.8) is 0 Å². The molecule has 0 saturated carbocycles. The summed E-state index contributed by atoms with van der Waals surface area (Å²) < 4.78 is 34.6. The Labute approximate surface area is 139 Å². The second kappa shape index (κ2) is 6.18. The van der Waals surface area contributed by atoms with Crippen molar-refractivity contribution in [1.82, 2.24) is 20.8 Å². The van der Waals surface area contributed by atoms with Crippen LogP contribution in [0.5, 0.6) is 0 Å². The topological polar surface area (TPSA) is 145 Å². The maximum atomic E-state index is 12.2. The van der Waals surface area contributed by atoms with Crippen molar-refractivity contribution in [3.05, 3.63) is 0 Å². The number of urea groups is 1. The number of hydrogen-bond donors (Lipinski definition) is 3. The van der Waals surface area contributed by atoms with Crippen LogP contribution in [0.25, 0.3) is 0 Å². The van der Waals surface area contributed by atoms with Gasteiger partial charge in [-0.05, 0) is 12.8 Å². The molecular weight excluding hydrogens is 344 g/mol. The number of carbonyl (C=O) groups is 3. The molecular formula is C12H20N4O7S. The van der Waals surface area contributed by atoms with Crippen molar-refractivity contribution < 1.29 is 31.6 Å². The summed E-state index contributed by atoms with van der Waals surface area (Å²) in [5.74, 6) is -0.985. The van der Waals surface area contributed by atoms with E-state index < -0.39 is 45.7 Å². The Morgan fingerprint density at radius 2 is 1.88 bits per heavy atom. The zero-order chi connectivity index (χ0) is 18.3. The second-order valence-electron chi connectivity index (χ2n) is 6.70. The van der Waals surface area contributed by atoms with Crippen LogP contribution in [-0.4, -0.2) is 59.4 Å². The summed E-state index contributed by atoms with van der Waals surface area (Å²) in [5.41, 5.74) is 3.85. The quantitative estimate of drug-likeness (QED) is 0.438. The zero-order valence-corrected chi connectivity index (χ0v) is 14.3. The van der Waals surface area contributed by atoms with E-state index in [1.165, 1.54) is 0 Å². The third kappa shape index (κ3) is 3.94.